The average Bonchev–Trinajstić information content (AvgIpc) is 3.77. The van der Waals surface area contributed by atoms with E-state index in [0.29, 0.717) is 32.1 Å². The fourth-order valence-corrected chi connectivity index (χ4v) is 6.36. The first kappa shape index (κ1) is 33.3. The van der Waals surface area contributed by atoms with E-state index in [2.05, 4.69) is 10.0 Å². The Hall–Kier alpha value is -3.16. The summed E-state index contributed by atoms with van der Waals surface area (Å²) < 4.78 is 36.6. The summed E-state index contributed by atoms with van der Waals surface area (Å²) in [6.45, 7) is 6.36. The van der Waals surface area contributed by atoms with Gasteiger partial charge in [-0.25, -0.2) is 13.2 Å². The number of sulfonamides is 1. The van der Waals surface area contributed by atoms with Gasteiger partial charge in [-0.3, -0.25) is 23.9 Å². The quantitative estimate of drug-likeness (QED) is 0.149. The van der Waals surface area contributed by atoms with E-state index in [1.54, 1.807) is 20.8 Å². The topological polar surface area (TPSA) is 191 Å². The van der Waals surface area contributed by atoms with Crippen LogP contribution in [-0.4, -0.2) is 78.7 Å². The molecule has 13 nitrogen and oxygen atoms in total. The van der Waals surface area contributed by atoms with Crippen LogP contribution in [0.4, 0.5) is 4.79 Å². The number of primary amides is 1. The van der Waals surface area contributed by atoms with Crippen molar-refractivity contribution in [2.45, 2.75) is 115 Å². The fourth-order valence-electron chi connectivity index (χ4n) is 5.00. The Balaban J connectivity index is 1.47. The molecule has 236 valence electrons. The Morgan fingerprint density at radius 3 is 2.36 bits per heavy atom. The number of nitrogens with one attached hydrogen (secondary N) is 2. The van der Waals surface area contributed by atoms with E-state index in [-0.39, 0.29) is 24.8 Å². The van der Waals surface area contributed by atoms with Gasteiger partial charge in [0, 0.05) is 19.3 Å². The molecule has 0 spiro atoms. The molecule has 0 aromatic heterocycles. The Kier molecular flexibility index (Phi) is 11.0. The number of rotatable bonds is 14. The lowest BCUT2D eigenvalue weighted by molar-refractivity contribution is -0.146. The zero-order valence-electron chi connectivity index (χ0n) is 24.8. The minimum atomic E-state index is -3.53. The molecular weight excluding hydrogens is 568 g/mol. The highest BCUT2D eigenvalue weighted by Crippen LogP contribution is 2.40. The highest BCUT2D eigenvalue weighted by atomic mass is 32.2. The molecule has 0 aromatic carbocycles. The Bertz CT molecular complexity index is 1180. The van der Waals surface area contributed by atoms with E-state index < -0.39 is 68.8 Å². The SMILES string of the molecule is CC(=O)O[C@@H]1C[C@@H](C(N)=O)N(C(=O)[C@H](CCCCC/C=C\[C@@H]2C[C@@H]2C(=O)NS(=O)(=O)C2CC2)NC(=O)OC(C)(C)C)C1. The van der Waals surface area contributed by atoms with Crippen LogP contribution in [0.5, 0.6) is 0 Å². The number of nitrogens with two attached hydrogens (primary N) is 1. The number of allylic oxidation sites excluding steroid dienone is 2. The van der Waals surface area contributed by atoms with E-state index in [1.165, 1.54) is 11.8 Å². The van der Waals surface area contributed by atoms with Crippen LogP contribution in [0.3, 0.4) is 0 Å². The summed E-state index contributed by atoms with van der Waals surface area (Å²) >= 11 is 0. The number of alkyl carbamates (subject to hydrolysis) is 1. The molecule has 42 heavy (non-hydrogen) atoms. The predicted octanol–water partition coefficient (Wildman–Crippen LogP) is 1.65. The summed E-state index contributed by atoms with van der Waals surface area (Å²) in [5.41, 5.74) is 4.75. The summed E-state index contributed by atoms with van der Waals surface area (Å²) in [6.07, 6.45) is 7.58. The number of nitrogens with zero attached hydrogens (tertiary/aromatic N) is 1. The number of carbonyl (C=O) groups excluding carboxylic acids is 5. The molecule has 0 unspecified atom stereocenters. The molecule has 0 bridgehead atoms. The molecule has 0 radical (unpaired) electrons. The lowest BCUT2D eigenvalue weighted by Gasteiger charge is -2.28. The van der Waals surface area contributed by atoms with Crippen molar-refractivity contribution in [3.05, 3.63) is 12.2 Å². The van der Waals surface area contributed by atoms with Crippen LogP contribution in [0.25, 0.3) is 0 Å². The van der Waals surface area contributed by atoms with Crippen molar-refractivity contribution in [2.75, 3.05) is 6.54 Å². The van der Waals surface area contributed by atoms with E-state index in [4.69, 9.17) is 15.2 Å². The molecule has 1 heterocycles. The number of hydrogen-bond donors (Lipinski definition) is 3. The van der Waals surface area contributed by atoms with Crippen molar-refractivity contribution >= 4 is 39.8 Å². The van der Waals surface area contributed by atoms with Crippen molar-refractivity contribution in [3.8, 4) is 0 Å². The molecule has 1 saturated heterocycles. The molecule has 2 aliphatic carbocycles. The first-order valence-electron chi connectivity index (χ1n) is 14.6. The number of carbonyl (C=O) groups is 5. The molecule has 2 saturated carbocycles. The Morgan fingerprint density at radius 1 is 1.07 bits per heavy atom. The van der Waals surface area contributed by atoms with E-state index in [0.717, 1.165) is 19.3 Å². The third-order valence-corrected chi connectivity index (χ3v) is 9.16. The van der Waals surface area contributed by atoms with Gasteiger partial charge in [-0.05, 0) is 65.2 Å². The summed E-state index contributed by atoms with van der Waals surface area (Å²) in [7, 11) is -3.53. The number of hydrogen-bond acceptors (Lipinski definition) is 9. The van der Waals surface area contributed by atoms with Crippen LogP contribution in [0.15, 0.2) is 12.2 Å². The first-order valence-corrected chi connectivity index (χ1v) is 16.1. The van der Waals surface area contributed by atoms with E-state index in [9.17, 15) is 32.4 Å². The molecule has 4 N–H and O–H groups in total. The maximum absolute atomic E-state index is 13.5. The van der Waals surface area contributed by atoms with Gasteiger partial charge in [0.25, 0.3) is 0 Å². The molecule has 5 atom stereocenters. The number of likely N-dealkylation sites (tertiary alicyclic amines) is 1. The fraction of sp³-hybridized carbons (Fsp3) is 0.750. The van der Waals surface area contributed by atoms with Gasteiger partial charge in [-0.1, -0.05) is 25.0 Å². The van der Waals surface area contributed by atoms with Gasteiger partial charge in [-0.15, -0.1) is 0 Å². The summed E-state index contributed by atoms with van der Waals surface area (Å²) in [4.78, 5) is 62.9. The van der Waals surface area contributed by atoms with Crippen LogP contribution in [0.2, 0.25) is 0 Å². The smallest absolute Gasteiger partial charge is 0.408 e. The van der Waals surface area contributed by atoms with Crippen molar-refractivity contribution in [1.29, 1.82) is 0 Å². The van der Waals surface area contributed by atoms with Gasteiger partial charge >= 0.3 is 12.1 Å². The summed E-state index contributed by atoms with van der Waals surface area (Å²) in [5.74, 6) is -2.45. The van der Waals surface area contributed by atoms with Crippen LogP contribution >= 0.6 is 0 Å². The Morgan fingerprint density at radius 2 is 1.76 bits per heavy atom. The third kappa shape index (κ3) is 10.3. The van der Waals surface area contributed by atoms with Crippen LogP contribution < -0.4 is 15.8 Å². The lowest BCUT2D eigenvalue weighted by atomic mass is 10.0. The molecule has 14 heteroatoms. The molecule has 3 rings (SSSR count). The van der Waals surface area contributed by atoms with Gasteiger partial charge in [0.2, 0.25) is 27.7 Å². The number of unbranched alkanes of at least 4 members (excludes halogenated alkanes) is 3. The molecular formula is C28H44N4O9S. The van der Waals surface area contributed by atoms with Gasteiger partial charge in [0.15, 0.2) is 0 Å². The number of esters is 1. The highest BCUT2D eigenvalue weighted by molar-refractivity contribution is 7.90. The second-order valence-electron chi connectivity index (χ2n) is 12.4. The predicted molar refractivity (Wildman–Crippen MR) is 152 cm³/mol. The lowest BCUT2D eigenvalue weighted by Crippen LogP contribution is -2.53. The second kappa shape index (κ2) is 13.9. The monoisotopic (exact) mass is 612 g/mol. The van der Waals surface area contributed by atoms with Crippen molar-refractivity contribution in [1.82, 2.24) is 14.9 Å². The largest absolute Gasteiger partial charge is 0.461 e. The second-order valence-corrected chi connectivity index (χ2v) is 14.3. The first-order chi connectivity index (χ1) is 19.6. The number of amides is 4. The van der Waals surface area contributed by atoms with E-state index in [1.807, 2.05) is 12.2 Å². The Labute approximate surface area is 247 Å². The normalized spacial score (nSPS) is 24.6. The standard InChI is InChI=1S/C28H44N4O9S/c1-17(33)40-19-15-23(24(29)34)32(16-19)26(36)22(30-27(37)41-28(2,3)4)11-9-7-5-6-8-10-18-14-21(18)25(35)31-42(38,39)20-12-13-20/h8,10,18-23H,5-7,9,11-16H2,1-4H3,(H2,29,34)(H,30,37)(H,31,35)/b10-8-/t18-,19-,21+,22+,23+/m1/s1. The molecule has 4 amide bonds. The van der Waals surface area contributed by atoms with Crippen molar-refractivity contribution < 1.29 is 41.9 Å². The highest BCUT2D eigenvalue weighted by Gasteiger charge is 2.45. The molecule has 3 aliphatic rings. The minimum Gasteiger partial charge on any atom is -0.461 e. The number of ether oxygens (including phenoxy) is 2. The van der Waals surface area contributed by atoms with Crippen LogP contribution in [-0.2, 0) is 38.7 Å². The maximum atomic E-state index is 13.5. The van der Waals surface area contributed by atoms with Gasteiger partial charge in [-0.2, -0.15) is 0 Å². The third-order valence-electron chi connectivity index (χ3n) is 7.33. The van der Waals surface area contributed by atoms with Gasteiger partial charge in [0.1, 0.15) is 23.8 Å². The zero-order chi connectivity index (χ0) is 31.2. The molecule has 0 aromatic rings. The van der Waals surface area contributed by atoms with Crippen molar-refractivity contribution in [3.63, 3.8) is 0 Å². The van der Waals surface area contributed by atoms with E-state index >= 15 is 0 Å². The minimum absolute atomic E-state index is 0.00396. The molecule has 1 aliphatic heterocycles. The van der Waals surface area contributed by atoms with Gasteiger partial charge in [0.05, 0.1) is 11.8 Å². The maximum Gasteiger partial charge on any atom is 0.408 e. The van der Waals surface area contributed by atoms with Crippen LogP contribution in [0.1, 0.15) is 85.5 Å². The average molecular weight is 613 g/mol. The zero-order valence-corrected chi connectivity index (χ0v) is 25.6. The summed E-state index contributed by atoms with van der Waals surface area (Å²) in [6, 6.07) is -1.93. The molecule has 3 fully saturated rings. The van der Waals surface area contributed by atoms with Gasteiger partial charge < -0.3 is 25.4 Å². The summed E-state index contributed by atoms with van der Waals surface area (Å²) in [5, 5.41) is 2.20. The van der Waals surface area contributed by atoms with Crippen molar-refractivity contribution in [2.24, 2.45) is 17.6 Å². The van der Waals surface area contributed by atoms with Crippen LogP contribution in [0, 0.1) is 11.8 Å².